The molecule has 0 spiro atoms. The molecule has 14 heavy (non-hydrogen) atoms. The normalized spacial score (nSPS) is 16.3. The number of aliphatic hydroxyl groups is 1. The second kappa shape index (κ2) is 7.21. The maximum absolute atomic E-state index is 9.05. The summed E-state index contributed by atoms with van der Waals surface area (Å²) >= 11 is 0. The highest BCUT2D eigenvalue weighted by Crippen LogP contribution is 2.09. The summed E-state index contributed by atoms with van der Waals surface area (Å²) in [5, 5.41) is 12.1. The van der Waals surface area contributed by atoms with Crippen molar-refractivity contribution in [2.45, 2.75) is 39.3 Å². The highest BCUT2D eigenvalue weighted by atomic mass is 16.3. The Bertz CT molecular complexity index is 135. The SMILES string of the molecule is CNC(CO)CN(C)C(C)CC(C)C. The van der Waals surface area contributed by atoms with Crippen LogP contribution in [0.1, 0.15) is 27.2 Å². The van der Waals surface area contributed by atoms with Gasteiger partial charge in [0.1, 0.15) is 0 Å². The molecule has 0 heterocycles. The van der Waals surface area contributed by atoms with Gasteiger partial charge in [0, 0.05) is 18.6 Å². The minimum Gasteiger partial charge on any atom is -0.395 e. The van der Waals surface area contributed by atoms with E-state index >= 15 is 0 Å². The van der Waals surface area contributed by atoms with E-state index in [0.29, 0.717) is 6.04 Å². The van der Waals surface area contributed by atoms with E-state index in [9.17, 15) is 0 Å². The summed E-state index contributed by atoms with van der Waals surface area (Å²) in [6.45, 7) is 7.83. The number of hydrogen-bond donors (Lipinski definition) is 2. The van der Waals surface area contributed by atoms with Crippen molar-refractivity contribution in [3.05, 3.63) is 0 Å². The number of aliphatic hydroxyl groups excluding tert-OH is 1. The van der Waals surface area contributed by atoms with Crippen LogP contribution in [-0.2, 0) is 0 Å². The predicted molar refractivity (Wildman–Crippen MR) is 61.5 cm³/mol. The fraction of sp³-hybridized carbons (Fsp3) is 1.00. The molecule has 0 amide bonds. The zero-order valence-corrected chi connectivity index (χ0v) is 10.2. The Labute approximate surface area is 88.5 Å². The Morgan fingerprint density at radius 3 is 2.21 bits per heavy atom. The zero-order chi connectivity index (χ0) is 11.1. The van der Waals surface area contributed by atoms with Crippen LogP contribution in [0, 0.1) is 5.92 Å². The van der Waals surface area contributed by atoms with Crippen LogP contribution in [0.3, 0.4) is 0 Å². The molecule has 0 aliphatic rings. The molecule has 3 heteroatoms. The van der Waals surface area contributed by atoms with Gasteiger partial charge in [-0.25, -0.2) is 0 Å². The summed E-state index contributed by atoms with van der Waals surface area (Å²) in [5.41, 5.74) is 0. The average molecular weight is 202 g/mol. The van der Waals surface area contributed by atoms with E-state index in [1.165, 1.54) is 6.42 Å². The Morgan fingerprint density at radius 2 is 1.86 bits per heavy atom. The maximum Gasteiger partial charge on any atom is 0.0597 e. The van der Waals surface area contributed by atoms with Crippen LogP contribution in [0.5, 0.6) is 0 Å². The Balaban J connectivity index is 3.86. The van der Waals surface area contributed by atoms with Gasteiger partial charge < -0.3 is 15.3 Å². The summed E-state index contributed by atoms with van der Waals surface area (Å²) < 4.78 is 0. The van der Waals surface area contributed by atoms with E-state index in [4.69, 9.17) is 5.11 Å². The summed E-state index contributed by atoms with van der Waals surface area (Å²) in [4.78, 5) is 2.30. The topological polar surface area (TPSA) is 35.5 Å². The molecular weight excluding hydrogens is 176 g/mol. The fourth-order valence-corrected chi connectivity index (χ4v) is 1.63. The molecule has 3 nitrogen and oxygen atoms in total. The molecule has 0 fully saturated rings. The Hall–Kier alpha value is -0.120. The molecule has 2 atom stereocenters. The molecule has 2 N–H and O–H groups in total. The van der Waals surface area contributed by atoms with Gasteiger partial charge in [-0.3, -0.25) is 0 Å². The van der Waals surface area contributed by atoms with E-state index in [-0.39, 0.29) is 12.6 Å². The Morgan fingerprint density at radius 1 is 1.29 bits per heavy atom. The van der Waals surface area contributed by atoms with E-state index in [1.54, 1.807) is 0 Å². The van der Waals surface area contributed by atoms with Crippen molar-refractivity contribution in [2.24, 2.45) is 5.92 Å². The van der Waals surface area contributed by atoms with Crippen molar-refractivity contribution in [1.82, 2.24) is 10.2 Å². The number of hydrogen-bond acceptors (Lipinski definition) is 3. The minimum atomic E-state index is 0.189. The van der Waals surface area contributed by atoms with Gasteiger partial charge in [-0.2, -0.15) is 0 Å². The molecule has 0 aromatic rings. The molecule has 0 aliphatic heterocycles. The molecule has 0 rings (SSSR count). The standard InChI is InChI=1S/C11H26N2O/c1-9(2)6-10(3)13(5)7-11(8-14)12-4/h9-12,14H,6-8H2,1-5H3. The van der Waals surface area contributed by atoms with Crippen LogP contribution in [0.4, 0.5) is 0 Å². The molecule has 2 unspecified atom stereocenters. The monoisotopic (exact) mass is 202 g/mol. The first-order valence-corrected chi connectivity index (χ1v) is 5.49. The third-order valence-corrected chi connectivity index (χ3v) is 2.70. The first-order chi connectivity index (χ1) is 6.51. The lowest BCUT2D eigenvalue weighted by atomic mass is 10.0. The predicted octanol–water partition coefficient (Wildman–Crippen LogP) is 0.933. The highest BCUT2D eigenvalue weighted by Gasteiger charge is 2.14. The van der Waals surface area contributed by atoms with Crippen molar-refractivity contribution >= 4 is 0 Å². The van der Waals surface area contributed by atoms with Crippen molar-refractivity contribution in [3.63, 3.8) is 0 Å². The van der Waals surface area contributed by atoms with Crippen LogP contribution < -0.4 is 5.32 Å². The van der Waals surface area contributed by atoms with Gasteiger partial charge in [0.2, 0.25) is 0 Å². The van der Waals surface area contributed by atoms with Gasteiger partial charge in [-0.05, 0) is 33.4 Å². The second-order valence-electron chi connectivity index (χ2n) is 4.59. The molecule has 0 aromatic heterocycles. The van der Waals surface area contributed by atoms with E-state index in [1.807, 2.05) is 7.05 Å². The van der Waals surface area contributed by atoms with Crippen LogP contribution in [0.2, 0.25) is 0 Å². The Kier molecular flexibility index (Phi) is 7.15. The molecule has 86 valence electrons. The fourth-order valence-electron chi connectivity index (χ4n) is 1.63. The van der Waals surface area contributed by atoms with Crippen molar-refractivity contribution in [1.29, 1.82) is 0 Å². The minimum absolute atomic E-state index is 0.189. The summed E-state index contributed by atoms with van der Waals surface area (Å²) in [6, 6.07) is 0.770. The summed E-state index contributed by atoms with van der Waals surface area (Å²) in [5.74, 6) is 0.731. The average Bonchev–Trinajstić information content (AvgIpc) is 2.12. The molecule has 0 saturated heterocycles. The summed E-state index contributed by atoms with van der Waals surface area (Å²) in [7, 11) is 4.01. The van der Waals surface area contributed by atoms with Crippen LogP contribution in [0.15, 0.2) is 0 Å². The second-order valence-corrected chi connectivity index (χ2v) is 4.59. The van der Waals surface area contributed by atoms with Gasteiger partial charge in [-0.15, -0.1) is 0 Å². The number of rotatable bonds is 7. The lowest BCUT2D eigenvalue weighted by Crippen LogP contribution is -2.43. The number of likely N-dealkylation sites (N-methyl/N-ethyl adjacent to an activating group) is 2. The van der Waals surface area contributed by atoms with Gasteiger partial charge in [0.25, 0.3) is 0 Å². The van der Waals surface area contributed by atoms with Crippen LogP contribution >= 0.6 is 0 Å². The van der Waals surface area contributed by atoms with Gasteiger partial charge >= 0.3 is 0 Å². The van der Waals surface area contributed by atoms with Crippen molar-refractivity contribution in [3.8, 4) is 0 Å². The third kappa shape index (κ3) is 5.58. The largest absolute Gasteiger partial charge is 0.395 e. The summed E-state index contributed by atoms with van der Waals surface area (Å²) in [6.07, 6.45) is 1.21. The first-order valence-electron chi connectivity index (χ1n) is 5.49. The van der Waals surface area contributed by atoms with Gasteiger partial charge in [0.05, 0.1) is 6.61 Å². The molecule has 0 radical (unpaired) electrons. The van der Waals surface area contributed by atoms with Gasteiger partial charge in [0.15, 0.2) is 0 Å². The van der Waals surface area contributed by atoms with Crippen LogP contribution in [0.25, 0.3) is 0 Å². The van der Waals surface area contributed by atoms with E-state index < -0.39 is 0 Å². The van der Waals surface area contributed by atoms with Crippen molar-refractivity contribution < 1.29 is 5.11 Å². The molecular formula is C11H26N2O. The first kappa shape index (κ1) is 13.9. The lowest BCUT2D eigenvalue weighted by molar-refractivity contribution is 0.168. The molecule has 0 aromatic carbocycles. The highest BCUT2D eigenvalue weighted by molar-refractivity contribution is 4.72. The lowest BCUT2D eigenvalue weighted by Gasteiger charge is -2.29. The van der Waals surface area contributed by atoms with Crippen molar-refractivity contribution in [2.75, 3.05) is 27.2 Å². The molecule has 0 saturated carbocycles. The maximum atomic E-state index is 9.05. The van der Waals surface area contributed by atoms with E-state index in [0.717, 1.165) is 12.5 Å². The van der Waals surface area contributed by atoms with E-state index in [2.05, 4.69) is 38.0 Å². The zero-order valence-electron chi connectivity index (χ0n) is 10.2. The van der Waals surface area contributed by atoms with Gasteiger partial charge in [-0.1, -0.05) is 13.8 Å². The molecule has 0 bridgehead atoms. The number of nitrogens with zero attached hydrogens (tertiary/aromatic N) is 1. The smallest absolute Gasteiger partial charge is 0.0597 e. The van der Waals surface area contributed by atoms with Crippen LogP contribution in [-0.4, -0.2) is 49.3 Å². The number of nitrogens with one attached hydrogen (secondary N) is 1. The third-order valence-electron chi connectivity index (χ3n) is 2.70. The quantitative estimate of drug-likeness (QED) is 0.645. The molecule has 0 aliphatic carbocycles.